The molecule has 3 aliphatic rings. The van der Waals surface area contributed by atoms with Gasteiger partial charge in [0.15, 0.2) is 17.3 Å². The number of likely N-dealkylation sites (tertiary alicyclic amines) is 1. The van der Waals surface area contributed by atoms with Gasteiger partial charge in [-0.3, -0.25) is 4.90 Å². The molecule has 1 unspecified atom stereocenters. The average molecular weight is 674 g/mol. The Labute approximate surface area is 279 Å². The molecule has 2 aromatic heterocycles. The monoisotopic (exact) mass is 673 g/mol. The Kier molecular flexibility index (Phi) is 7.19. The zero-order valence-electron chi connectivity index (χ0n) is 26.0. The number of fused-ring (bicyclic) bond motifs is 2. The Bertz CT molecular complexity index is 2060. The van der Waals surface area contributed by atoms with Crippen molar-refractivity contribution in [3.8, 4) is 29.0 Å². The summed E-state index contributed by atoms with van der Waals surface area (Å²) in [5.74, 6) is 0.551. The van der Waals surface area contributed by atoms with Gasteiger partial charge >= 0.3 is 6.18 Å². The van der Waals surface area contributed by atoms with E-state index in [1.54, 1.807) is 12.1 Å². The molecule has 5 aromatic rings. The number of rotatable bonds is 7. The molecule has 8 rings (SSSR count). The van der Waals surface area contributed by atoms with Gasteiger partial charge in [-0.05, 0) is 93.2 Å². The number of hydrogen-bond donors (Lipinski definition) is 1. The fourth-order valence-corrected chi connectivity index (χ4v) is 6.97. The summed E-state index contributed by atoms with van der Waals surface area (Å²) in [6, 6.07) is 21.3. The van der Waals surface area contributed by atoms with Gasteiger partial charge in [0, 0.05) is 35.2 Å². The predicted octanol–water partition coefficient (Wildman–Crippen LogP) is 7.82. The normalized spacial score (nSPS) is 20.7. The standard InChI is InChI=1S/C35H31ClF3N7O2/c1-33(23-6-8-24(36)9-7-23)47-28-4-2-3-25(30(28)48-33)21-11-15-45(16-12-21)18-29-41-26-17-22(31-42-32(44-43-31)35(37,38)39)5-10-27(26)46(29)20-34(19-40)13-14-34/h2-10,17,21H,11-16,18,20H2,1H3,(H,42,43,44). The highest BCUT2D eigenvalue weighted by Gasteiger charge is 2.45. The fourth-order valence-electron chi connectivity index (χ4n) is 6.84. The largest absolute Gasteiger partial charge is 0.451 e. The van der Waals surface area contributed by atoms with Gasteiger partial charge in [0.2, 0.25) is 5.82 Å². The van der Waals surface area contributed by atoms with E-state index < -0.39 is 23.2 Å². The zero-order chi connectivity index (χ0) is 33.3. The highest BCUT2D eigenvalue weighted by atomic mass is 35.5. The van der Waals surface area contributed by atoms with Crippen LogP contribution >= 0.6 is 11.6 Å². The van der Waals surface area contributed by atoms with E-state index in [0.29, 0.717) is 29.2 Å². The van der Waals surface area contributed by atoms with Crippen molar-refractivity contribution in [2.75, 3.05) is 13.1 Å². The number of para-hydroxylation sites is 1. The second kappa shape index (κ2) is 11.2. The van der Waals surface area contributed by atoms with E-state index >= 15 is 0 Å². The van der Waals surface area contributed by atoms with E-state index in [1.165, 1.54) is 0 Å². The molecule has 4 heterocycles. The molecular formula is C35H31ClF3N7O2. The summed E-state index contributed by atoms with van der Waals surface area (Å²) in [4.78, 5) is 9.59. The first-order valence-electron chi connectivity index (χ1n) is 15.9. The summed E-state index contributed by atoms with van der Waals surface area (Å²) in [7, 11) is 0. The zero-order valence-corrected chi connectivity index (χ0v) is 26.8. The number of H-pyrrole nitrogens is 1. The van der Waals surface area contributed by atoms with Crippen LogP contribution in [0.3, 0.4) is 0 Å². The van der Waals surface area contributed by atoms with Crippen LogP contribution in [0.15, 0.2) is 60.7 Å². The van der Waals surface area contributed by atoms with Crippen LogP contribution in [-0.2, 0) is 25.1 Å². The number of benzene rings is 3. The van der Waals surface area contributed by atoms with Crippen molar-refractivity contribution in [1.29, 1.82) is 5.26 Å². The first-order valence-corrected chi connectivity index (χ1v) is 16.3. The third kappa shape index (κ3) is 5.54. The summed E-state index contributed by atoms with van der Waals surface area (Å²) in [5, 5.41) is 17.5. The highest BCUT2D eigenvalue weighted by molar-refractivity contribution is 6.30. The van der Waals surface area contributed by atoms with Gasteiger partial charge in [-0.15, -0.1) is 10.2 Å². The third-order valence-corrected chi connectivity index (χ3v) is 10.0. The molecule has 2 aliphatic heterocycles. The number of aromatic amines is 1. The fraction of sp³-hybridized carbons (Fsp3) is 0.371. The van der Waals surface area contributed by atoms with Crippen LogP contribution in [0.2, 0.25) is 5.02 Å². The van der Waals surface area contributed by atoms with Gasteiger partial charge in [0.05, 0.1) is 29.1 Å². The van der Waals surface area contributed by atoms with Crippen molar-refractivity contribution in [2.45, 2.75) is 63.6 Å². The Morgan fingerprint density at radius 2 is 1.81 bits per heavy atom. The van der Waals surface area contributed by atoms with Gasteiger partial charge in [0.25, 0.3) is 5.79 Å². The van der Waals surface area contributed by atoms with E-state index in [0.717, 1.165) is 72.7 Å². The van der Waals surface area contributed by atoms with Crippen LogP contribution in [0.4, 0.5) is 13.2 Å². The van der Waals surface area contributed by atoms with Crippen molar-refractivity contribution in [3.63, 3.8) is 0 Å². The van der Waals surface area contributed by atoms with Crippen molar-refractivity contribution < 1.29 is 22.6 Å². The lowest BCUT2D eigenvalue weighted by Crippen LogP contribution is -2.34. The number of nitrogens with one attached hydrogen (secondary N) is 1. The van der Waals surface area contributed by atoms with E-state index in [1.807, 2.05) is 49.4 Å². The van der Waals surface area contributed by atoms with Crippen molar-refractivity contribution in [2.24, 2.45) is 5.41 Å². The Hall–Kier alpha value is -4.60. The molecule has 48 heavy (non-hydrogen) atoms. The van der Waals surface area contributed by atoms with Crippen LogP contribution in [0, 0.1) is 16.7 Å². The summed E-state index contributed by atoms with van der Waals surface area (Å²) in [5.41, 5.74) is 3.53. The molecule has 1 atom stereocenters. The lowest BCUT2D eigenvalue weighted by molar-refractivity contribution is -0.144. The molecule has 0 spiro atoms. The Morgan fingerprint density at radius 3 is 2.50 bits per heavy atom. The molecule has 2 fully saturated rings. The van der Waals surface area contributed by atoms with E-state index in [4.69, 9.17) is 26.1 Å². The lowest BCUT2D eigenvalue weighted by Gasteiger charge is -2.32. The third-order valence-electron chi connectivity index (χ3n) is 9.78. The number of aromatic nitrogens is 5. The number of alkyl halides is 3. The van der Waals surface area contributed by atoms with Crippen molar-refractivity contribution >= 4 is 22.6 Å². The smallest absolute Gasteiger partial charge is 0.445 e. The first-order chi connectivity index (χ1) is 23.0. The second-order valence-corrected chi connectivity index (χ2v) is 13.5. The average Bonchev–Trinajstić information content (AvgIpc) is 3.35. The van der Waals surface area contributed by atoms with Crippen LogP contribution in [-0.4, -0.2) is 42.7 Å². The first kappa shape index (κ1) is 30.7. The topological polar surface area (TPSA) is 105 Å². The van der Waals surface area contributed by atoms with Crippen LogP contribution in [0.5, 0.6) is 11.5 Å². The van der Waals surface area contributed by atoms with Crippen LogP contribution < -0.4 is 9.47 Å². The molecule has 13 heteroatoms. The lowest BCUT2D eigenvalue weighted by atomic mass is 9.88. The van der Waals surface area contributed by atoms with Crippen molar-refractivity contribution in [3.05, 3.63) is 88.5 Å². The summed E-state index contributed by atoms with van der Waals surface area (Å²) < 4.78 is 54.4. The highest BCUT2D eigenvalue weighted by Crippen LogP contribution is 2.50. The Morgan fingerprint density at radius 1 is 1.04 bits per heavy atom. The predicted molar refractivity (Wildman–Crippen MR) is 171 cm³/mol. The molecule has 1 saturated heterocycles. The molecule has 9 nitrogen and oxygen atoms in total. The number of hydrogen-bond acceptors (Lipinski definition) is 7. The minimum absolute atomic E-state index is 0.0216. The van der Waals surface area contributed by atoms with Gasteiger partial charge in [0.1, 0.15) is 5.82 Å². The summed E-state index contributed by atoms with van der Waals surface area (Å²) in [6.07, 6.45) is -1.13. The summed E-state index contributed by atoms with van der Waals surface area (Å²) >= 11 is 6.11. The maximum absolute atomic E-state index is 13.1. The molecule has 1 saturated carbocycles. The molecule has 246 valence electrons. The van der Waals surface area contributed by atoms with Crippen LogP contribution in [0.1, 0.15) is 61.3 Å². The maximum atomic E-state index is 13.1. The molecule has 0 bridgehead atoms. The summed E-state index contributed by atoms with van der Waals surface area (Å²) in [6.45, 7) is 4.69. The molecular weight excluding hydrogens is 643 g/mol. The second-order valence-electron chi connectivity index (χ2n) is 13.1. The molecule has 1 aliphatic carbocycles. The number of ether oxygens (including phenoxy) is 2. The Balaban J connectivity index is 1.01. The molecule has 0 amide bonds. The van der Waals surface area contributed by atoms with Gasteiger partial charge in [-0.1, -0.05) is 23.7 Å². The van der Waals surface area contributed by atoms with E-state index in [-0.39, 0.29) is 11.7 Å². The molecule has 3 aromatic carbocycles. The van der Waals surface area contributed by atoms with E-state index in [2.05, 4.69) is 36.8 Å². The minimum Gasteiger partial charge on any atom is -0.445 e. The number of nitriles is 1. The molecule has 1 N–H and O–H groups in total. The van der Waals surface area contributed by atoms with Crippen molar-refractivity contribution in [1.82, 2.24) is 29.6 Å². The quantitative estimate of drug-likeness (QED) is 0.188. The number of piperidine rings is 1. The van der Waals surface area contributed by atoms with Gasteiger partial charge < -0.3 is 19.0 Å². The van der Waals surface area contributed by atoms with E-state index in [9.17, 15) is 18.4 Å². The number of halogens is 4. The number of nitrogens with zero attached hydrogens (tertiary/aromatic N) is 6. The minimum atomic E-state index is -4.62. The van der Waals surface area contributed by atoms with Gasteiger partial charge in [-0.2, -0.15) is 18.4 Å². The SMILES string of the molecule is CC1(c2ccc(Cl)cc2)Oc2cccc(C3CCN(Cc4nc5cc(-c6nnc(C(F)(F)F)[nH]6)ccc5n4CC4(C#N)CC4)CC3)c2O1. The molecule has 0 radical (unpaired) electrons. The van der Waals surface area contributed by atoms with Crippen LogP contribution in [0.25, 0.3) is 22.4 Å². The van der Waals surface area contributed by atoms with Gasteiger partial charge in [-0.25, -0.2) is 4.98 Å². The maximum Gasteiger partial charge on any atom is 0.451 e. The number of imidazole rings is 1.